The number of carbonyl (C=O) groups is 1. The number of pyridine rings is 1. The molecule has 0 saturated heterocycles. The summed E-state index contributed by atoms with van der Waals surface area (Å²) >= 11 is 1.53. The van der Waals surface area contributed by atoms with Crippen LogP contribution < -0.4 is 24.3 Å². The van der Waals surface area contributed by atoms with Crippen molar-refractivity contribution in [3.05, 3.63) is 64.4 Å². The van der Waals surface area contributed by atoms with Gasteiger partial charge in [-0.25, -0.2) is 4.98 Å². The van der Waals surface area contributed by atoms with Gasteiger partial charge in [-0.3, -0.25) is 4.79 Å². The third-order valence-corrected chi connectivity index (χ3v) is 7.42. The number of amides is 1. The Balaban J connectivity index is 1.88. The first-order chi connectivity index (χ1) is 17.9. The number of hydrogen-bond donors (Lipinski definition) is 2. The Bertz CT molecular complexity index is 1380. The van der Waals surface area contributed by atoms with Crippen LogP contribution in [0, 0.1) is 0 Å². The van der Waals surface area contributed by atoms with E-state index in [4.69, 9.17) is 23.9 Å². The predicted octanol–water partition coefficient (Wildman–Crippen LogP) is 5.03. The largest absolute Gasteiger partial charge is 0.497 e. The molecule has 1 atom stereocenters. The summed E-state index contributed by atoms with van der Waals surface area (Å²) in [6.07, 6.45) is 0.366. The number of rotatable bonds is 10. The molecule has 0 spiro atoms. The number of aromatic nitrogens is 1. The summed E-state index contributed by atoms with van der Waals surface area (Å²) in [6, 6.07) is 14.6. The van der Waals surface area contributed by atoms with E-state index in [-0.39, 0.29) is 12.5 Å². The number of hydrogen-bond acceptors (Lipinski definition) is 8. The Morgan fingerprint density at radius 2 is 1.73 bits per heavy atom. The molecule has 0 unspecified atom stereocenters. The van der Waals surface area contributed by atoms with Crippen molar-refractivity contribution in [2.75, 3.05) is 35.0 Å². The molecule has 0 aliphatic carbocycles. The summed E-state index contributed by atoms with van der Waals surface area (Å²) < 4.78 is 21.9. The molecule has 2 aromatic carbocycles. The zero-order valence-electron chi connectivity index (χ0n) is 21.5. The number of fused-ring (bicyclic) bond motifs is 1. The molecule has 2 aromatic heterocycles. The van der Waals surface area contributed by atoms with Crippen LogP contribution in [0.15, 0.2) is 53.9 Å². The molecule has 2 heterocycles. The number of aliphatic hydroxyl groups excluding tert-OH is 1. The quantitative estimate of drug-likeness (QED) is 0.302. The molecule has 4 aromatic rings. The lowest BCUT2D eigenvalue weighted by Gasteiger charge is -2.29. The van der Waals surface area contributed by atoms with Gasteiger partial charge >= 0.3 is 0 Å². The molecule has 8 nitrogen and oxygen atoms in total. The maximum Gasteiger partial charge on any atom is 0.252 e. The maximum absolute atomic E-state index is 13.8. The average molecular weight is 523 g/mol. The van der Waals surface area contributed by atoms with Gasteiger partial charge in [0.15, 0.2) is 11.5 Å². The molecule has 194 valence electrons. The lowest BCUT2D eigenvalue weighted by molar-refractivity contribution is 0.0891. The number of nitrogens with zero attached hydrogens (tertiary/aromatic N) is 1. The van der Waals surface area contributed by atoms with Gasteiger partial charge in [-0.15, -0.1) is 11.3 Å². The Labute approximate surface area is 219 Å². The van der Waals surface area contributed by atoms with Crippen molar-refractivity contribution in [2.24, 2.45) is 0 Å². The second-order valence-corrected chi connectivity index (χ2v) is 9.54. The highest BCUT2D eigenvalue weighted by Gasteiger charge is 2.30. The van der Waals surface area contributed by atoms with Crippen molar-refractivity contribution < 1.29 is 28.8 Å². The molecule has 0 radical (unpaired) electrons. The summed E-state index contributed by atoms with van der Waals surface area (Å²) in [6.45, 7) is 1.84. The van der Waals surface area contributed by atoms with Gasteiger partial charge in [-0.1, -0.05) is 6.07 Å². The maximum atomic E-state index is 13.8. The van der Waals surface area contributed by atoms with Gasteiger partial charge in [0.25, 0.3) is 5.91 Å². The summed E-state index contributed by atoms with van der Waals surface area (Å²) in [5, 5.41) is 15.5. The average Bonchev–Trinajstić information content (AvgIpc) is 3.47. The highest BCUT2D eigenvalue weighted by molar-refractivity contribution is 7.10. The number of nitrogens with one attached hydrogen (secondary N) is 1. The molecule has 0 aliphatic heterocycles. The molecule has 1 amide bonds. The zero-order chi connectivity index (χ0) is 26.6. The summed E-state index contributed by atoms with van der Waals surface area (Å²) in [5.74, 6) is 1.74. The van der Waals surface area contributed by atoms with E-state index < -0.39 is 5.54 Å². The van der Waals surface area contributed by atoms with Crippen LogP contribution in [0.2, 0.25) is 0 Å². The monoisotopic (exact) mass is 522 g/mol. The van der Waals surface area contributed by atoms with E-state index in [0.717, 1.165) is 4.88 Å². The Morgan fingerprint density at radius 3 is 2.30 bits per heavy atom. The minimum atomic E-state index is -0.749. The molecule has 0 saturated carbocycles. The van der Waals surface area contributed by atoms with Crippen molar-refractivity contribution in [1.29, 1.82) is 0 Å². The third-order valence-electron chi connectivity index (χ3n) is 6.29. The van der Waals surface area contributed by atoms with Gasteiger partial charge in [-0.2, -0.15) is 0 Å². The molecule has 0 aliphatic rings. The molecular weight excluding hydrogens is 492 g/mol. The highest BCUT2D eigenvalue weighted by Crippen LogP contribution is 2.41. The Kier molecular flexibility index (Phi) is 7.85. The third kappa shape index (κ3) is 5.19. The van der Waals surface area contributed by atoms with E-state index in [1.807, 2.05) is 30.5 Å². The van der Waals surface area contributed by atoms with Gasteiger partial charge in [0.05, 0.1) is 50.8 Å². The van der Waals surface area contributed by atoms with Crippen LogP contribution in [0.5, 0.6) is 23.0 Å². The van der Waals surface area contributed by atoms with Gasteiger partial charge in [0.1, 0.15) is 5.75 Å². The van der Waals surface area contributed by atoms with E-state index in [9.17, 15) is 9.90 Å². The lowest BCUT2D eigenvalue weighted by Crippen LogP contribution is -2.43. The van der Waals surface area contributed by atoms with Gasteiger partial charge in [0.2, 0.25) is 5.75 Å². The molecule has 2 N–H and O–H groups in total. The van der Waals surface area contributed by atoms with Crippen LogP contribution in [0.4, 0.5) is 0 Å². The molecule has 4 rings (SSSR count). The normalized spacial score (nSPS) is 12.6. The number of aliphatic hydroxyl groups is 1. The molecule has 9 heteroatoms. The number of ether oxygens (including phenoxy) is 4. The SMILES string of the molecule is COc1ccc2nc(-c3cc(OC)c(OC)c(OC)c3)cc(C(=O)N[C@](C)(CCO)c3cccs3)c2c1. The van der Waals surface area contributed by atoms with Gasteiger partial charge in [-0.05, 0) is 61.2 Å². The fourth-order valence-corrected chi connectivity index (χ4v) is 5.15. The summed E-state index contributed by atoms with van der Waals surface area (Å²) in [7, 11) is 6.22. The lowest BCUT2D eigenvalue weighted by atomic mass is 9.94. The van der Waals surface area contributed by atoms with E-state index in [1.165, 1.54) is 11.3 Å². The molecule has 0 bridgehead atoms. The van der Waals surface area contributed by atoms with Gasteiger partial charge in [0, 0.05) is 22.4 Å². The first-order valence-electron chi connectivity index (χ1n) is 11.6. The molecule has 0 fully saturated rings. The van der Waals surface area contributed by atoms with E-state index in [1.54, 1.807) is 58.8 Å². The zero-order valence-corrected chi connectivity index (χ0v) is 22.3. The number of methoxy groups -OCH3 is 4. The molecule has 37 heavy (non-hydrogen) atoms. The second-order valence-electron chi connectivity index (χ2n) is 8.59. The highest BCUT2D eigenvalue weighted by atomic mass is 32.1. The van der Waals surface area contributed by atoms with Crippen molar-refractivity contribution in [2.45, 2.75) is 18.9 Å². The van der Waals surface area contributed by atoms with Crippen LogP contribution in [0.1, 0.15) is 28.6 Å². The second kappa shape index (κ2) is 11.1. The fraction of sp³-hybridized carbons (Fsp3) is 0.286. The van der Waals surface area contributed by atoms with Crippen LogP contribution >= 0.6 is 11.3 Å². The minimum absolute atomic E-state index is 0.0731. The fourth-order valence-electron chi connectivity index (χ4n) is 4.28. The molecular formula is C28H30N2O6S. The minimum Gasteiger partial charge on any atom is -0.497 e. The number of thiophene rings is 1. The van der Waals surface area contributed by atoms with Crippen molar-refractivity contribution in [3.8, 4) is 34.3 Å². The van der Waals surface area contributed by atoms with Crippen molar-refractivity contribution in [3.63, 3.8) is 0 Å². The first-order valence-corrected chi connectivity index (χ1v) is 12.5. The predicted molar refractivity (Wildman–Crippen MR) is 144 cm³/mol. The van der Waals surface area contributed by atoms with Crippen LogP contribution in [0.25, 0.3) is 22.2 Å². The topological polar surface area (TPSA) is 99.1 Å². The Hall–Kier alpha value is -3.82. The van der Waals surface area contributed by atoms with Crippen LogP contribution in [-0.2, 0) is 5.54 Å². The van der Waals surface area contributed by atoms with Crippen molar-refractivity contribution >= 4 is 28.1 Å². The number of carbonyl (C=O) groups excluding carboxylic acids is 1. The first kappa shape index (κ1) is 26.2. The standard InChI is InChI=1S/C28H30N2O6S/c1-28(10-11-31,25-7-6-12-37-25)30-27(32)20-16-22(29-21-9-8-18(33-2)15-19(20)21)17-13-23(34-3)26(36-5)24(14-17)35-4/h6-9,12-16,31H,10-11H2,1-5H3,(H,30,32)/t28-/m1/s1. The Morgan fingerprint density at radius 1 is 1.00 bits per heavy atom. The van der Waals surface area contributed by atoms with Crippen LogP contribution in [0.3, 0.4) is 0 Å². The van der Waals surface area contributed by atoms with E-state index >= 15 is 0 Å². The van der Waals surface area contributed by atoms with Gasteiger partial charge < -0.3 is 29.4 Å². The van der Waals surface area contributed by atoms with E-state index in [2.05, 4.69) is 5.32 Å². The summed E-state index contributed by atoms with van der Waals surface area (Å²) in [5.41, 5.74) is 1.55. The van der Waals surface area contributed by atoms with E-state index in [0.29, 0.717) is 57.1 Å². The smallest absolute Gasteiger partial charge is 0.252 e. The number of benzene rings is 2. The van der Waals surface area contributed by atoms with Crippen molar-refractivity contribution in [1.82, 2.24) is 10.3 Å². The van der Waals surface area contributed by atoms with Crippen LogP contribution in [-0.4, -0.2) is 51.0 Å². The summed E-state index contributed by atoms with van der Waals surface area (Å²) in [4.78, 5) is 19.6.